The molecule has 0 bridgehead atoms. The fourth-order valence-corrected chi connectivity index (χ4v) is 2.72. The number of thioether (sulfide) groups is 2. The van der Waals surface area contributed by atoms with Crippen LogP contribution in [0.1, 0.15) is 0 Å². The van der Waals surface area contributed by atoms with Crippen molar-refractivity contribution in [3.05, 3.63) is 0 Å². The predicted octanol–water partition coefficient (Wildman–Crippen LogP) is -1.87. The molecule has 6 heteroatoms. The molecule has 1 aliphatic heterocycles. The molecular formula is C7H16N4S2+2. The van der Waals surface area contributed by atoms with E-state index in [9.17, 15) is 0 Å². The summed E-state index contributed by atoms with van der Waals surface area (Å²) in [4.78, 5) is 0. The van der Waals surface area contributed by atoms with Crippen molar-refractivity contribution in [2.45, 2.75) is 0 Å². The van der Waals surface area contributed by atoms with E-state index >= 15 is 0 Å². The number of hydrogen-bond donors (Lipinski definition) is 3. The van der Waals surface area contributed by atoms with Gasteiger partial charge in [0.15, 0.2) is 0 Å². The maximum Gasteiger partial charge on any atom is 0.306 e. The van der Waals surface area contributed by atoms with Gasteiger partial charge in [-0.15, -0.1) is 0 Å². The van der Waals surface area contributed by atoms with Gasteiger partial charge in [-0.05, 0) is 23.5 Å². The van der Waals surface area contributed by atoms with Crippen LogP contribution in [0.25, 0.3) is 0 Å². The van der Waals surface area contributed by atoms with Crippen LogP contribution in [0.15, 0.2) is 0 Å². The molecule has 0 saturated carbocycles. The minimum absolute atomic E-state index is 0.456. The van der Waals surface area contributed by atoms with E-state index in [4.69, 9.17) is 11.1 Å². The molecule has 0 unspecified atom stereocenters. The van der Waals surface area contributed by atoms with Gasteiger partial charge in [0.1, 0.15) is 0 Å². The van der Waals surface area contributed by atoms with Gasteiger partial charge in [0.25, 0.3) is 5.17 Å². The lowest BCUT2D eigenvalue weighted by Gasteiger charge is -2.01. The lowest BCUT2D eigenvalue weighted by molar-refractivity contribution is -0.514. The Kier molecular flexibility index (Phi) is 4.44. The maximum atomic E-state index is 5.36. The van der Waals surface area contributed by atoms with E-state index in [0.717, 1.165) is 18.8 Å². The topological polar surface area (TPSA) is 66.7 Å². The highest BCUT2D eigenvalue weighted by Gasteiger charge is 2.19. The van der Waals surface area contributed by atoms with Crippen molar-refractivity contribution in [2.75, 3.05) is 31.6 Å². The molecule has 74 valence electrons. The maximum absolute atomic E-state index is 5.36. The summed E-state index contributed by atoms with van der Waals surface area (Å²) in [5, 5.41) is 10.3. The van der Waals surface area contributed by atoms with E-state index in [1.165, 1.54) is 22.7 Å². The Hall–Kier alpha value is -0.360. The van der Waals surface area contributed by atoms with Gasteiger partial charge in [0.2, 0.25) is 0 Å². The fraction of sp³-hybridized carbons (Fsp3) is 0.714. The van der Waals surface area contributed by atoms with Crippen LogP contribution >= 0.6 is 23.5 Å². The first-order valence-corrected chi connectivity index (χ1v) is 6.14. The number of amidine groups is 2. The number of hydrogen-bond acceptors (Lipinski definition) is 3. The predicted molar refractivity (Wildman–Crippen MR) is 60.1 cm³/mol. The van der Waals surface area contributed by atoms with Gasteiger partial charge in [-0.1, -0.05) is 0 Å². The van der Waals surface area contributed by atoms with Gasteiger partial charge >= 0.3 is 5.17 Å². The van der Waals surface area contributed by atoms with Crippen molar-refractivity contribution in [2.24, 2.45) is 5.73 Å². The average Bonchev–Trinajstić information content (AvgIpc) is 2.51. The van der Waals surface area contributed by atoms with Crippen LogP contribution in [0.5, 0.6) is 0 Å². The summed E-state index contributed by atoms with van der Waals surface area (Å²) >= 11 is 3.37. The van der Waals surface area contributed by atoms with E-state index in [1.54, 1.807) is 0 Å². The largest absolute Gasteiger partial charge is 0.306 e. The second-order valence-corrected chi connectivity index (χ2v) is 4.89. The second-order valence-electron chi connectivity index (χ2n) is 2.64. The third kappa shape index (κ3) is 3.48. The minimum atomic E-state index is 0.456. The standard InChI is InChI=1S/C7H14N4S2/c1-10-7-11(3-5-13-7)2-4-12-6(8)9/h2-5H2,1H3,(H3,8,9)/p+2. The highest BCUT2D eigenvalue weighted by molar-refractivity contribution is 8.14. The molecule has 0 saturated heterocycles. The van der Waals surface area contributed by atoms with Crippen LogP contribution in [-0.2, 0) is 0 Å². The zero-order valence-corrected chi connectivity index (χ0v) is 9.38. The highest BCUT2D eigenvalue weighted by Crippen LogP contribution is 2.09. The Balaban J connectivity index is 2.31. The summed E-state index contributed by atoms with van der Waals surface area (Å²) < 4.78 is 2.32. The van der Waals surface area contributed by atoms with Crippen LogP contribution in [0, 0.1) is 0 Å². The summed E-state index contributed by atoms with van der Waals surface area (Å²) in [6.07, 6.45) is 0. The number of nitrogens with zero attached hydrogens (tertiary/aromatic N) is 1. The normalized spacial score (nSPS) is 16.4. The van der Waals surface area contributed by atoms with Crippen LogP contribution in [-0.4, -0.2) is 46.6 Å². The van der Waals surface area contributed by atoms with Crippen molar-refractivity contribution in [3.63, 3.8) is 0 Å². The molecule has 0 atom stereocenters. The SMILES string of the molecule is CNC1=[N+](CCSC(N)=[NH2+])CCS1. The lowest BCUT2D eigenvalue weighted by atomic mass is 10.6. The molecule has 0 aromatic carbocycles. The van der Waals surface area contributed by atoms with Gasteiger partial charge in [0, 0.05) is 11.5 Å². The molecule has 0 amide bonds. The van der Waals surface area contributed by atoms with Crippen molar-refractivity contribution >= 4 is 33.9 Å². The highest BCUT2D eigenvalue weighted by atomic mass is 32.2. The van der Waals surface area contributed by atoms with Gasteiger partial charge < -0.3 is 0 Å². The minimum Gasteiger partial charge on any atom is -0.282 e. The van der Waals surface area contributed by atoms with Gasteiger partial charge in [-0.25, -0.2) is 0 Å². The number of nitrogens with two attached hydrogens (primary N) is 2. The molecule has 0 aromatic rings. The molecule has 0 spiro atoms. The molecule has 1 rings (SSSR count). The van der Waals surface area contributed by atoms with E-state index in [2.05, 4.69) is 9.89 Å². The van der Waals surface area contributed by atoms with E-state index in [0.29, 0.717) is 5.17 Å². The first kappa shape index (κ1) is 10.7. The third-order valence-corrected chi connectivity index (χ3v) is 3.57. The lowest BCUT2D eigenvalue weighted by Crippen LogP contribution is -2.43. The van der Waals surface area contributed by atoms with Gasteiger partial charge in [0.05, 0.1) is 20.1 Å². The summed E-state index contributed by atoms with van der Waals surface area (Å²) in [6.45, 7) is 2.12. The average molecular weight is 220 g/mol. The van der Waals surface area contributed by atoms with Gasteiger partial charge in [-0.3, -0.25) is 21.0 Å². The van der Waals surface area contributed by atoms with Gasteiger partial charge in [-0.2, -0.15) is 0 Å². The zero-order valence-electron chi connectivity index (χ0n) is 7.75. The van der Waals surface area contributed by atoms with E-state index in [1.807, 2.05) is 18.8 Å². The Labute approximate surface area is 86.8 Å². The number of nitrogens with one attached hydrogen (secondary N) is 1. The molecule has 0 aromatic heterocycles. The summed E-state index contributed by atoms with van der Waals surface area (Å²) in [5.74, 6) is 2.12. The first-order valence-electron chi connectivity index (χ1n) is 4.17. The molecule has 1 heterocycles. The molecule has 0 fully saturated rings. The molecule has 1 aliphatic rings. The zero-order chi connectivity index (χ0) is 9.68. The Morgan fingerprint density at radius 2 is 2.62 bits per heavy atom. The molecule has 0 radical (unpaired) electrons. The molecule has 0 aliphatic carbocycles. The van der Waals surface area contributed by atoms with Crippen LogP contribution in [0.3, 0.4) is 0 Å². The summed E-state index contributed by atoms with van der Waals surface area (Å²) in [7, 11) is 1.96. The quantitative estimate of drug-likeness (QED) is 0.296. The summed E-state index contributed by atoms with van der Waals surface area (Å²) in [6, 6.07) is 0. The van der Waals surface area contributed by atoms with Crippen molar-refractivity contribution in [1.29, 1.82) is 0 Å². The molecule has 4 nitrogen and oxygen atoms in total. The Bertz CT molecular complexity index is 227. The Morgan fingerprint density at radius 1 is 1.85 bits per heavy atom. The second kappa shape index (κ2) is 5.39. The summed E-state index contributed by atoms with van der Waals surface area (Å²) in [5.41, 5.74) is 5.36. The van der Waals surface area contributed by atoms with Crippen LogP contribution in [0.2, 0.25) is 0 Å². The van der Waals surface area contributed by atoms with Crippen molar-refractivity contribution in [3.8, 4) is 0 Å². The van der Waals surface area contributed by atoms with Crippen molar-refractivity contribution < 1.29 is 9.98 Å². The molecular weight excluding hydrogens is 204 g/mol. The fourth-order valence-electron chi connectivity index (χ4n) is 1.16. The first-order chi connectivity index (χ1) is 6.24. The van der Waals surface area contributed by atoms with Crippen LogP contribution < -0.4 is 16.5 Å². The molecule has 13 heavy (non-hydrogen) atoms. The monoisotopic (exact) mass is 220 g/mol. The van der Waals surface area contributed by atoms with E-state index in [-0.39, 0.29) is 0 Å². The smallest absolute Gasteiger partial charge is 0.282 e. The van der Waals surface area contributed by atoms with Crippen LogP contribution in [0.4, 0.5) is 0 Å². The Morgan fingerprint density at radius 3 is 3.23 bits per heavy atom. The van der Waals surface area contributed by atoms with E-state index < -0.39 is 0 Å². The van der Waals surface area contributed by atoms with Crippen molar-refractivity contribution in [1.82, 2.24) is 5.32 Å². The molecule has 5 N–H and O–H groups in total. The third-order valence-electron chi connectivity index (χ3n) is 1.73. The number of rotatable bonds is 3.